The Kier molecular flexibility index (Phi) is 3.28. The highest BCUT2D eigenvalue weighted by molar-refractivity contribution is 5.63. The van der Waals surface area contributed by atoms with Gasteiger partial charge < -0.3 is 22.3 Å². The maximum absolute atomic E-state index is 5.85. The van der Waals surface area contributed by atoms with Crippen LogP contribution in [0.2, 0.25) is 0 Å². The Morgan fingerprint density at radius 2 is 1.11 bits per heavy atom. The van der Waals surface area contributed by atoms with Gasteiger partial charge in [-0.05, 0) is 49.2 Å². The predicted molar refractivity (Wildman–Crippen MR) is 78.4 cm³/mol. The third-order valence-corrected chi connectivity index (χ3v) is 2.91. The first-order chi connectivity index (χ1) is 8.56. The molecular formula is C14H18N4. The Bertz CT molecular complexity index is 512. The molecule has 0 aliphatic rings. The van der Waals surface area contributed by atoms with Crippen molar-refractivity contribution in [3.05, 3.63) is 47.5 Å². The van der Waals surface area contributed by atoms with Gasteiger partial charge in [-0.2, -0.15) is 0 Å². The van der Waals surface area contributed by atoms with Crippen molar-refractivity contribution in [3.8, 4) is 0 Å². The molecule has 0 aliphatic heterocycles. The molecule has 2 aromatic rings. The van der Waals surface area contributed by atoms with Crippen LogP contribution in [0.5, 0.6) is 0 Å². The van der Waals surface area contributed by atoms with Crippen LogP contribution in [-0.4, -0.2) is 0 Å². The first-order valence-electron chi connectivity index (χ1n) is 5.80. The monoisotopic (exact) mass is 242 g/mol. The summed E-state index contributed by atoms with van der Waals surface area (Å²) < 4.78 is 0. The SMILES string of the molecule is Cc1ccc(NNc2ccc(C)c(N)c2)cc1N. The van der Waals surface area contributed by atoms with E-state index in [1.54, 1.807) is 0 Å². The maximum atomic E-state index is 5.85. The Balaban J connectivity index is 2.06. The molecule has 94 valence electrons. The number of anilines is 4. The summed E-state index contributed by atoms with van der Waals surface area (Å²) in [5, 5.41) is 0. The molecule has 0 radical (unpaired) electrons. The lowest BCUT2D eigenvalue weighted by molar-refractivity contribution is 1.38. The third kappa shape index (κ3) is 2.66. The highest BCUT2D eigenvalue weighted by Crippen LogP contribution is 2.19. The van der Waals surface area contributed by atoms with Crippen molar-refractivity contribution < 1.29 is 0 Å². The van der Waals surface area contributed by atoms with Crippen LogP contribution in [0.25, 0.3) is 0 Å². The molecule has 0 aliphatic carbocycles. The summed E-state index contributed by atoms with van der Waals surface area (Å²) in [6, 6.07) is 11.7. The van der Waals surface area contributed by atoms with Gasteiger partial charge in [-0.15, -0.1) is 0 Å². The number of nitrogens with two attached hydrogens (primary N) is 2. The van der Waals surface area contributed by atoms with E-state index >= 15 is 0 Å². The molecule has 4 nitrogen and oxygen atoms in total. The molecule has 6 N–H and O–H groups in total. The molecule has 2 rings (SSSR count). The second-order valence-electron chi connectivity index (χ2n) is 4.39. The molecule has 0 fully saturated rings. The lowest BCUT2D eigenvalue weighted by Gasteiger charge is -2.12. The van der Waals surface area contributed by atoms with Crippen molar-refractivity contribution in [2.45, 2.75) is 13.8 Å². The van der Waals surface area contributed by atoms with Gasteiger partial charge in [0.2, 0.25) is 0 Å². The summed E-state index contributed by atoms with van der Waals surface area (Å²) in [5.74, 6) is 0. The zero-order valence-corrected chi connectivity index (χ0v) is 10.6. The largest absolute Gasteiger partial charge is 0.398 e. The molecule has 0 unspecified atom stereocenters. The van der Waals surface area contributed by atoms with Gasteiger partial charge in [0.25, 0.3) is 0 Å². The van der Waals surface area contributed by atoms with Gasteiger partial charge in [-0.1, -0.05) is 12.1 Å². The molecule has 0 bridgehead atoms. The topological polar surface area (TPSA) is 76.1 Å². The molecule has 0 aromatic heterocycles. The minimum Gasteiger partial charge on any atom is -0.398 e. The smallest absolute Gasteiger partial charge is 0.0560 e. The minimum atomic E-state index is 0.769. The van der Waals surface area contributed by atoms with Gasteiger partial charge >= 0.3 is 0 Å². The molecule has 0 heterocycles. The van der Waals surface area contributed by atoms with Crippen LogP contribution >= 0.6 is 0 Å². The number of nitrogen functional groups attached to an aromatic ring is 2. The Labute approximate surface area is 107 Å². The molecule has 0 spiro atoms. The van der Waals surface area contributed by atoms with Crippen molar-refractivity contribution in [2.24, 2.45) is 0 Å². The van der Waals surface area contributed by atoms with E-state index in [9.17, 15) is 0 Å². The number of hydrazine groups is 1. The van der Waals surface area contributed by atoms with Gasteiger partial charge in [0, 0.05) is 11.4 Å². The van der Waals surface area contributed by atoms with Crippen LogP contribution < -0.4 is 22.3 Å². The average Bonchev–Trinajstić information content (AvgIpc) is 2.35. The van der Waals surface area contributed by atoms with Gasteiger partial charge in [-0.3, -0.25) is 0 Å². The number of hydrogen-bond acceptors (Lipinski definition) is 4. The van der Waals surface area contributed by atoms with Gasteiger partial charge in [0.05, 0.1) is 11.4 Å². The van der Waals surface area contributed by atoms with Crippen molar-refractivity contribution >= 4 is 22.7 Å². The van der Waals surface area contributed by atoms with Crippen molar-refractivity contribution in [2.75, 3.05) is 22.3 Å². The number of nitrogens with one attached hydrogen (secondary N) is 2. The van der Waals surface area contributed by atoms with Crippen LogP contribution in [0.4, 0.5) is 22.7 Å². The highest BCUT2D eigenvalue weighted by atomic mass is 15.4. The van der Waals surface area contributed by atoms with E-state index in [2.05, 4.69) is 10.9 Å². The maximum Gasteiger partial charge on any atom is 0.0560 e. The van der Waals surface area contributed by atoms with E-state index in [-0.39, 0.29) is 0 Å². The summed E-state index contributed by atoms with van der Waals surface area (Å²) in [6.45, 7) is 3.96. The number of rotatable bonds is 3. The fourth-order valence-corrected chi connectivity index (χ4v) is 1.58. The fourth-order valence-electron chi connectivity index (χ4n) is 1.58. The molecule has 0 saturated carbocycles. The van der Waals surface area contributed by atoms with Crippen molar-refractivity contribution in [1.82, 2.24) is 0 Å². The van der Waals surface area contributed by atoms with E-state index in [0.717, 1.165) is 33.9 Å². The van der Waals surface area contributed by atoms with Gasteiger partial charge in [0.1, 0.15) is 0 Å². The number of hydrogen-bond donors (Lipinski definition) is 4. The minimum absolute atomic E-state index is 0.769. The fraction of sp³-hybridized carbons (Fsp3) is 0.143. The van der Waals surface area contributed by atoms with Crippen LogP contribution in [0.15, 0.2) is 36.4 Å². The van der Waals surface area contributed by atoms with E-state index in [1.165, 1.54) is 0 Å². The predicted octanol–water partition coefficient (Wildman–Crippen LogP) is 2.91. The standard InChI is InChI=1S/C14H18N4/c1-9-3-5-11(7-13(9)15)17-18-12-6-4-10(2)14(16)8-12/h3-8,17-18H,15-16H2,1-2H3. The van der Waals surface area contributed by atoms with E-state index in [1.807, 2.05) is 50.2 Å². The second-order valence-corrected chi connectivity index (χ2v) is 4.39. The zero-order chi connectivity index (χ0) is 13.1. The van der Waals surface area contributed by atoms with Crippen LogP contribution in [-0.2, 0) is 0 Å². The van der Waals surface area contributed by atoms with Gasteiger partial charge in [0.15, 0.2) is 0 Å². The Morgan fingerprint density at radius 3 is 1.44 bits per heavy atom. The van der Waals surface area contributed by atoms with Crippen LogP contribution in [0.3, 0.4) is 0 Å². The molecule has 18 heavy (non-hydrogen) atoms. The van der Waals surface area contributed by atoms with Gasteiger partial charge in [-0.25, -0.2) is 0 Å². The van der Waals surface area contributed by atoms with E-state index < -0.39 is 0 Å². The lowest BCUT2D eigenvalue weighted by Crippen LogP contribution is -2.09. The number of benzene rings is 2. The molecule has 0 atom stereocenters. The van der Waals surface area contributed by atoms with Crippen molar-refractivity contribution in [3.63, 3.8) is 0 Å². The normalized spacial score (nSPS) is 10.1. The quantitative estimate of drug-likeness (QED) is 0.493. The average molecular weight is 242 g/mol. The first kappa shape index (κ1) is 12.1. The molecular weight excluding hydrogens is 224 g/mol. The number of aryl methyl sites for hydroxylation is 2. The first-order valence-corrected chi connectivity index (χ1v) is 5.80. The molecule has 4 heteroatoms. The third-order valence-electron chi connectivity index (χ3n) is 2.91. The summed E-state index contributed by atoms with van der Waals surface area (Å²) in [4.78, 5) is 0. The van der Waals surface area contributed by atoms with E-state index in [4.69, 9.17) is 11.5 Å². The van der Waals surface area contributed by atoms with Crippen LogP contribution in [0.1, 0.15) is 11.1 Å². The Hall–Kier alpha value is -2.36. The molecule has 0 saturated heterocycles. The highest BCUT2D eigenvalue weighted by Gasteiger charge is 1.98. The second kappa shape index (κ2) is 4.87. The molecule has 0 amide bonds. The Morgan fingerprint density at radius 1 is 0.722 bits per heavy atom. The molecule has 2 aromatic carbocycles. The van der Waals surface area contributed by atoms with Crippen LogP contribution in [0, 0.1) is 13.8 Å². The summed E-state index contributed by atoms with van der Waals surface area (Å²) in [5.41, 5.74) is 23.4. The van der Waals surface area contributed by atoms with E-state index in [0.29, 0.717) is 0 Å². The summed E-state index contributed by atoms with van der Waals surface area (Å²) in [7, 11) is 0. The lowest BCUT2D eigenvalue weighted by atomic mass is 10.2. The summed E-state index contributed by atoms with van der Waals surface area (Å²) >= 11 is 0. The zero-order valence-electron chi connectivity index (χ0n) is 10.6. The summed E-state index contributed by atoms with van der Waals surface area (Å²) in [6.07, 6.45) is 0. The van der Waals surface area contributed by atoms with Crippen molar-refractivity contribution in [1.29, 1.82) is 0 Å².